The molecule has 0 saturated carbocycles. The van der Waals surface area contributed by atoms with Gasteiger partial charge in [-0.3, -0.25) is 0 Å². The first kappa shape index (κ1) is 15.6. The minimum Gasteiger partial charge on any atom is -0.476 e. The number of nitrogens with two attached hydrogens (primary N) is 1. The monoisotopic (exact) mass is 265 g/mol. The third-order valence-electron chi connectivity index (χ3n) is 3.40. The van der Waals surface area contributed by atoms with Crippen molar-refractivity contribution in [3.63, 3.8) is 0 Å². The van der Waals surface area contributed by atoms with E-state index >= 15 is 0 Å². The van der Waals surface area contributed by atoms with Crippen molar-refractivity contribution in [3.8, 4) is 5.88 Å². The van der Waals surface area contributed by atoms with Gasteiger partial charge in [0.25, 0.3) is 0 Å². The van der Waals surface area contributed by atoms with Crippen LogP contribution in [0.3, 0.4) is 0 Å². The Morgan fingerprint density at radius 2 is 1.84 bits per heavy atom. The summed E-state index contributed by atoms with van der Waals surface area (Å²) in [7, 11) is 0. The fourth-order valence-corrected chi connectivity index (χ4v) is 2.27. The summed E-state index contributed by atoms with van der Waals surface area (Å²) in [6.45, 7) is 12.4. The molecule has 108 valence electrons. The molecular weight excluding hydrogens is 238 g/mol. The molecule has 1 aromatic heterocycles. The molecule has 0 aliphatic carbocycles. The molecule has 0 saturated heterocycles. The Morgan fingerprint density at radius 3 is 2.37 bits per heavy atom. The van der Waals surface area contributed by atoms with Crippen molar-refractivity contribution < 1.29 is 4.74 Å². The molecule has 1 aromatic rings. The van der Waals surface area contributed by atoms with Gasteiger partial charge in [-0.1, -0.05) is 27.7 Å². The van der Waals surface area contributed by atoms with E-state index in [1.165, 1.54) is 0 Å². The molecule has 3 N–H and O–H groups in total. The lowest BCUT2D eigenvalue weighted by molar-refractivity contribution is 0.303. The summed E-state index contributed by atoms with van der Waals surface area (Å²) in [5, 5.41) is 3.39. The number of nitrogens with zero attached hydrogens (tertiary/aromatic N) is 1. The van der Waals surface area contributed by atoms with Gasteiger partial charge in [0.2, 0.25) is 5.88 Å². The molecule has 0 spiro atoms. The van der Waals surface area contributed by atoms with Gasteiger partial charge in [-0.15, -0.1) is 0 Å². The van der Waals surface area contributed by atoms with E-state index in [0.29, 0.717) is 35.9 Å². The van der Waals surface area contributed by atoms with E-state index < -0.39 is 0 Å². The zero-order valence-electron chi connectivity index (χ0n) is 12.7. The molecule has 0 atom stereocenters. The van der Waals surface area contributed by atoms with Gasteiger partial charge < -0.3 is 15.8 Å². The van der Waals surface area contributed by atoms with Gasteiger partial charge in [0.15, 0.2) is 0 Å². The van der Waals surface area contributed by atoms with Crippen LogP contribution in [0.25, 0.3) is 0 Å². The fourth-order valence-electron chi connectivity index (χ4n) is 2.27. The summed E-state index contributed by atoms with van der Waals surface area (Å²) < 4.78 is 5.40. The summed E-state index contributed by atoms with van der Waals surface area (Å²) >= 11 is 0. The third kappa shape index (κ3) is 4.62. The van der Waals surface area contributed by atoms with Gasteiger partial charge in [-0.05, 0) is 36.8 Å². The maximum absolute atomic E-state index is 5.81. The van der Waals surface area contributed by atoms with Crippen molar-refractivity contribution >= 4 is 11.5 Å². The van der Waals surface area contributed by atoms with Gasteiger partial charge in [-0.25, -0.2) is 0 Å². The van der Waals surface area contributed by atoms with Gasteiger partial charge in [0.1, 0.15) is 5.82 Å². The standard InChI is InChI=1S/C15H27N3O/c1-6-19-15-13(16)7-8-14(18-15)17-9-12(10(2)3)11(4)5/h7-8,10-12H,6,9,16H2,1-5H3,(H,17,18). The highest BCUT2D eigenvalue weighted by Gasteiger charge is 2.17. The lowest BCUT2D eigenvalue weighted by atomic mass is 9.85. The molecule has 4 heteroatoms. The van der Waals surface area contributed by atoms with Gasteiger partial charge in [-0.2, -0.15) is 4.98 Å². The number of ether oxygens (including phenoxy) is 1. The van der Waals surface area contributed by atoms with Crippen molar-refractivity contribution in [2.75, 3.05) is 24.2 Å². The highest BCUT2D eigenvalue weighted by atomic mass is 16.5. The van der Waals surface area contributed by atoms with Crippen LogP contribution >= 0.6 is 0 Å². The zero-order valence-corrected chi connectivity index (χ0v) is 12.7. The number of aromatic nitrogens is 1. The smallest absolute Gasteiger partial charge is 0.239 e. The van der Waals surface area contributed by atoms with E-state index in [0.717, 1.165) is 12.4 Å². The molecule has 0 aliphatic rings. The van der Waals surface area contributed by atoms with Crippen molar-refractivity contribution in [2.24, 2.45) is 17.8 Å². The van der Waals surface area contributed by atoms with Crippen LogP contribution < -0.4 is 15.8 Å². The van der Waals surface area contributed by atoms with E-state index in [1.807, 2.05) is 19.1 Å². The summed E-state index contributed by atoms with van der Waals surface area (Å²) in [5.74, 6) is 3.25. The fraction of sp³-hybridized carbons (Fsp3) is 0.667. The van der Waals surface area contributed by atoms with Crippen molar-refractivity contribution in [3.05, 3.63) is 12.1 Å². The molecule has 0 radical (unpaired) electrons. The van der Waals surface area contributed by atoms with Crippen LogP contribution in [0, 0.1) is 17.8 Å². The van der Waals surface area contributed by atoms with E-state index in [4.69, 9.17) is 10.5 Å². The molecule has 19 heavy (non-hydrogen) atoms. The summed E-state index contributed by atoms with van der Waals surface area (Å²) in [4.78, 5) is 4.39. The quantitative estimate of drug-likeness (QED) is 0.793. The summed E-state index contributed by atoms with van der Waals surface area (Å²) in [5.41, 5.74) is 6.39. The first-order valence-corrected chi connectivity index (χ1v) is 7.08. The molecule has 1 heterocycles. The number of anilines is 2. The van der Waals surface area contributed by atoms with E-state index in [9.17, 15) is 0 Å². The summed E-state index contributed by atoms with van der Waals surface area (Å²) in [6.07, 6.45) is 0. The van der Waals surface area contributed by atoms with E-state index in [1.54, 1.807) is 0 Å². The number of pyridine rings is 1. The van der Waals surface area contributed by atoms with Crippen LogP contribution in [-0.4, -0.2) is 18.1 Å². The van der Waals surface area contributed by atoms with E-state index in [-0.39, 0.29) is 0 Å². The van der Waals surface area contributed by atoms with Crippen LogP contribution in [0.15, 0.2) is 12.1 Å². The van der Waals surface area contributed by atoms with Crippen LogP contribution in [-0.2, 0) is 0 Å². The van der Waals surface area contributed by atoms with Gasteiger partial charge in [0, 0.05) is 6.54 Å². The molecule has 1 rings (SSSR count). The second kappa shape index (κ2) is 7.22. The first-order valence-electron chi connectivity index (χ1n) is 7.08. The number of hydrogen-bond acceptors (Lipinski definition) is 4. The SMILES string of the molecule is CCOc1nc(NCC(C(C)C)C(C)C)ccc1N. The average Bonchev–Trinajstić information content (AvgIpc) is 2.32. The second-order valence-electron chi connectivity index (χ2n) is 5.56. The molecule has 0 unspecified atom stereocenters. The highest BCUT2D eigenvalue weighted by Crippen LogP contribution is 2.23. The largest absolute Gasteiger partial charge is 0.476 e. The average molecular weight is 265 g/mol. The Kier molecular flexibility index (Phi) is 5.93. The Hall–Kier alpha value is -1.45. The van der Waals surface area contributed by atoms with Crippen LogP contribution in [0.2, 0.25) is 0 Å². The van der Waals surface area contributed by atoms with Crippen LogP contribution in [0.5, 0.6) is 5.88 Å². The molecule has 0 aromatic carbocycles. The Morgan fingerprint density at radius 1 is 1.21 bits per heavy atom. The maximum Gasteiger partial charge on any atom is 0.239 e. The van der Waals surface area contributed by atoms with Crippen molar-refractivity contribution in [2.45, 2.75) is 34.6 Å². The number of nitrogens with one attached hydrogen (secondary N) is 1. The van der Waals surface area contributed by atoms with Crippen molar-refractivity contribution in [1.29, 1.82) is 0 Å². The van der Waals surface area contributed by atoms with E-state index in [2.05, 4.69) is 38.0 Å². The lowest BCUT2D eigenvalue weighted by Gasteiger charge is -2.25. The van der Waals surface area contributed by atoms with Crippen LogP contribution in [0.4, 0.5) is 11.5 Å². The number of hydrogen-bond donors (Lipinski definition) is 2. The van der Waals surface area contributed by atoms with Gasteiger partial charge in [0.05, 0.1) is 12.3 Å². The molecule has 4 nitrogen and oxygen atoms in total. The minimum absolute atomic E-state index is 0.512. The number of rotatable bonds is 7. The first-order chi connectivity index (χ1) is 8.95. The summed E-state index contributed by atoms with van der Waals surface area (Å²) in [6, 6.07) is 3.73. The predicted molar refractivity (Wildman–Crippen MR) is 81.5 cm³/mol. The molecule has 0 bridgehead atoms. The number of nitrogen functional groups attached to an aromatic ring is 1. The minimum atomic E-state index is 0.512. The third-order valence-corrected chi connectivity index (χ3v) is 3.40. The second-order valence-corrected chi connectivity index (χ2v) is 5.56. The Labute approximate surface area is 116 Å². The van der Waals surface area contributed by atoms with Gasteiger partial charge >= 0.3 is 0 Å². The Bertz CT molecular complexity index is 383. The lowest BCUT2D eigenvalue weighted by Crippen LogP contribution is -2.24. The molecular formula is C15H27N3O. The molecule has 0 aliphatic heterocycles. The highest BCUT2D eigenvalue weighted by molar-refractivity contribution is 5.53. The normalized spacial score (nSPS) is 11.4. The Balaban J connectivity index is 2.69. The maximum atomic E-state index is 5.81. The van der Waals surface area contributed by atoms with Crippen molar-refractivity contribution in [1.82, 2.24) is 4.98 Å². The van der Waals surface area contributed by atoms with Crippen LogP contribution in [0.1, 0.15) is 34.6 Å². The predicted octanol–water partition coefficient (Wildman–Crippen LogP) is 3.40. The molecule has 0 fully saturated rings. The molecule has 0 amide bonds. The topological polar surface area (TPSA) is 60.2 Å². The zero-order chi connectivity index (χ0) is 14.4.